The number of aliphatic carboxylic acids is 1. The van der Waals surface area contributed by atoms with Gasteiger partial charge in [0.15, 0.2) is 0 Å². The predicted molar refractivity (Wildman–Crippen MR) is 63.9 cm³/mol. The molecule has 104 valence electrons. The summed E-state index contributed by atoms with van der Waals surface area (Å²) in [5.74, 6) is -1.65. The molecule has 1 aromatic heterocycles. The molecule has 3 atom stereocenters. The molecule has 0 radical (unpaired) electrons. The van der Waals surface area contributed by atoms with Crippen LogP contribution in [0.3, 0.4) is 0 Å². The van der Waals surface area contributed by atoms with E-state index >= 15 is 0 Å². The molecule has 8 heteroatoms. The Morgan fingerprint density at radius 3 is 2.79 bits per heavy atom. The largest absolute Gasteiger partial charge is 0.480 e. The zero-order valence-electron chi connectivity index (χ0n) is 10.4. The van der Waals surface area contributed by atoms with E-state index in [1.807, 2.05) is 0 Å². The van der Waals surface area contributed by atoms with Crippen molar-refractivity contribution in [1.82, 2.24) is 14.7 Å². The highest BCUT2D eigenvalue weighted by molar-refractivity contribution is 5.88. The van der Waals surface area contributed by atoms with Crippen LogP contribution in [0, 0.1) is 0 Å². The molecule has 1 aliphatic heterocycles. The number of rotatable bonds is 3. The van der Waals surface area contributed by atoms with E-state index in [4.69, 9.17) is 10.8 Å². The molecule has 19 heavy (non-hydrogen) atoms. The van der Waals surface area contributed by atoms with E-state index in [0.29, 0.717) is 5.56 Å². The summed E-state index contributed by atoms with van der Waals surface area (Å²) < 4.78 is 1.51. The number of amides is 1. The minimum atomic E-state index is -1.14. The molecule has 1 fully saturated rings. The van der Waals surface area contributed by atoms with E-state index in [2.05, 4.69) is 5.10 Å². The van der Waals surface area contributed by atoms with Gasteiger partial charge in [-0.15, -0.1) is 0 Å². The van der Waals surface area contributed by atoms with Crippen molar-refractivity contribution in [3.8, 4) is 0 Å². The second-order valence-corrected chi connectivity index (χ2v) is 4.66. The second-order valence-electron chi connectivity index (χ2n) is 4.66. The van der Waals surface area contributed by atoms with Crippen LogP contribution in [0.2, 0.25) is 0 Å². The molecule has 2 heterocycles. The summed E-state index contributed by atoms with van der Waals surface area (Å²) in [7, 11) is 1.69. The number of aryl methyl sites for hydroxylation is 1. The first kappa shape index (κ1) is 13.5. The smallest absolute Gasteiger partial charge is 0.326 e. The molecule has 0 saturated carbocycles. The molecule has 0 spiro atoms. The maximum atomic E-state index is 12.2. The van der Waals surface area contributed by atoms with Gasteiger partial charge >= 0.3 is 5.97 Å². The molecule has 4 N–H and O–H groups in total. The minimum Gasteiger partial charge on any atom is -0.480 e. The Morgan fingerprint density at radius 1 is 1.58 bits per heavy atom. The van der Waals surface area contributed by atoms with Gasteiger partial charge in [0, 0.05) is 31.8 Å². The lowest BCUT2D eigenvalue weighted by Gasteiger charge is -2.24. The molecule has 1 saturated heterocycles. The number of carboxylic acid groups (broad SMARTS) is 1. The van der Waals surface area contributed by atoms with Gasteiger partial charge in [-0.2, -0.15) is 5.10 Å². The van der Waals surface area contributed by atoms with Crippen LogP contribution < -0.4 is 5.73 Å². The van der Waals surface area contributed by atoms with Gasteiger partial charge in [-0.1, -0.05) is 0 Å². The van der Waals surface area contributed by atoms with Crippen LogP contribution in [-0.2, 0) is 16.6 Å². The number of carbonyl (C=O) groups is 2. The zero-order chi connectivity index (χ0) is 14.2. The summed E-state index contributed by atoms with van der Waals surface area (Å²) >= 11 is 0. The zero-order valence-corrected chi connectivity index (χ0v) is 10.4. The predicted octanol–water partition coefficient (Wildman–Crippen LogP) is -1.53. The average molecular weight is 268 g/mol. The molecule has 1 unspecified atom stereocenters. The number of nitrogens with zero attached hydrogens (tertiary/aromatic N) is 3. The third-order valence-corrected chi connectivity index (χ3v) is 3.20. The number of hydrogen-bond donors (Lipinski definition) is 3. The standard InChI is InChI=1S/C11H16N4O4/c1-14-4-6(3-13-14)9(12)10(17)15-5-7(16)2-8(15)11(18)19/h3-4,7-9,16H,2,5,12H2,1H3,(H,18,19)/t7-,8+,9?/m1/s1. The third-order valence-electron chi connectivity index (χ3n) is 3.20. The lowest BCUT2D eigenvalue weighted by Crippen LogP contribution is -2.45. The maximum absolute atomic E-state index is 12.2. The lowest BCUT2D eigenvalue weighted by atomic mass is 10.1. The number of hydrogen-bond acceptors (Lipinski definition) is 5. The number of nitrogens with two attached hydrogens (primary N) is 1. The van der Waals surface area contributed by atoms with Crippen molar-refractivity contribution in [1.29, 1.82) is 0 Å². The Bertz CT molecular complexity index is 501. The van der Waals surface area contributed by atoms with E-state index in [0.717, 1.165) is 4.90 Å². The summed E-state index contributed by atoms with van der Waals surface area (Å²) in [5.41, 5.74) is 6.33. The van der Waals surface area contributed by atoms with E-state index in [1.165, 1.54) is 10.9 Å². The van der Waals surface area contributed by atoms with Crippen LogP contribution in [-0.4, -0.2) is 55.5 Å². The van der Waals surface area contributed by atoms with E-state index in [1.54, 1.807) is 13.2 Å². The lowest BCUT2D eigenvalue weighted by molar-refractivity contribution is -0.148. The first-order chi connectivity index (χ1) is 8.90. The number of carboxylic acids is 1. The third kappa shape index (κ3) is 2.59. The quantitative estimate of drug-likeness (QED) is 0.611. The van der Waals surface area contributed by atoms with Crippen molar-refractivity contribution >= 4 is 11.9 Å². The van der Waals surface area contributed by atoms with E-state index in [-0.39, 0.29) is 13.0 Å². The van der Waals surface area contributed by atoms with Crippen molar-refractivity contribution in [2.45, 2.75) is 24.6 Å². The summed E-state index contributed by atoms with van der Waals surface area (Å²) in [6, 6.07) is -1.99. The van der Waals surface area contributed by atoms with Gasteiger partial charge in [0.05, 0.1) is 12.3 Å². The summed E-state index contributed by atoms with van der Waals surface area (Å²) in [5, 5.41) is 22.5. The van der Waals surface area contributed by atoms with Gasteiger partial charge in [-0.3, -0.25) is 9.48 Å². The Hall–Kier alpha value is -1.93. The molecule has 2 rings (SSSR count). The molecular formula is C11H16N4O4. The Kier molecular flexibility index (Phi) is 3.54. The number of aliphatic hydroxyl groups excluding tert-OH is 1. The van der Waals surface area contributed by atoms with Crippen molar-refractivity contribution < 1.29 is 19.8 Å². The minimum absolute atomic E-state index is 0.0102. The second kappa shape index (κ2) is 4.98. The van der Waals surface area contributed by atoms with Crippen molar-refractivity contribution in [2.75, 3.05) is 6.54 Å². The van der Waals surface area contributed by atoms with Crippen LogP contribution >= 0.6 is 0 Å². The highest BCUT2D eigenvalue weighted by Crippen LogP contribution is 2.22. The fourth-order valence-electron chi connectivity index (χ4n) is 2.21. The van der Waals surface area contributed by atoms with Crippen LogP contribution in [0.5, 0.6) is 0 Å². The molecule has 1 amide bonds. The molecule has 0 aliphatic carbocycles. The SMILES string of the molecule is Cn1cc(C(N)C(=O)N2C[C@H](O)C[C@H]2C(=O)O)cn1. The van der Waals surface area contributed by atoms with E-state index < -0.39 is 30.1 Å². The number of carbonyl (C=O) groups excluding carboxylic acids is 1. The summed E-state index contributed by atoms with van der Waals surface area (Å²) in [4.78, 5) is 24.4. The fraction of sp³-hybridized carbons (Fsp3) is 0.545. The number of aliphatic hydroxyl groups is 1. The highest BCUT2D eigenvalue weighted by atomic mass is 16.4. The average Bonchev–Trinajstić information content (AvgIpc) is 2.93. The Labute approximate surface area is 109 Å². The summed E-state index contributed by atoms with van der Waals surface area (Å²) in [6.45, 7) is -0.0102. The number of likely N-dealkylation sites (tertiary alicyclic amines) is 1. The number of β-amino-alcohol motifs (C(OH)–C–C–N with tert-alkyl or cyclic N) is 1. The van der Waals surface area contributed by atoms with Crippen LogP contribution in [0.1, 0.15) is 18.0 Å². The number of aromatic nitrogens is 2. The first-order valence-corrected chi connectivity index (χ1v) is 5.85. The molecule has 8 nitrogen and oxygen atoms in total. The van der Waals surface area contributed by atoms with Crippen LogP contribution in [0.4, 0.5) is 0 Å². The van der Waals surface area contributed by atoms with Gasteiger partial charge in [-0.05, 0) is 0 Å². The molecule has 1 aliphatic rings. The highest BCUT2D eigenvalue weighted by Gasteiger charge is 2.40. The van der Waals surface area contributed by atoms with Crippen molar-refractivity contribution in [3.05, 3.63) is 18.0 Å². The Balaban J connectivity index is 2.16. The van der Waals surface area contributed by atoms with Gasteiger partial charge in [0.2, 0.25) is 5.91 Å². The van der Waals surface area contributed by atoms with Gasteiger partial charge in [-0.25, -0.2) is 4.79 Å². The van der Waals surface area contributed by atoms with Gasteiger partial charge in [0.1, 0.15) is 12.1 Å². The summed E-state index contributed by atoms with van der Waals surface area (Å²) in [6.07, 6.45) is 2.27. The van der Waals surface area contributed by atoms with E-state index in [9.17, 15) is 14.7 Å². The van der Waals surface area contributed by atoms with Crippen molar-refractivity contribution in [2.24, 2.45) is 12.8 Å². The maximum Gasteiger partial charge on any atom is 0.326 e. The first-order valence-electron chi connectivity index (χ1n) is 5.85. The van der Waals surface area contributed by atoms with Crippen molar-refractivity contribution in [3.63, 3.8) is 0 Å². The molecule has 1 aromatic rings. The molecule has 0 bridgehead atoms. The monoisotopic (exact) mass is 268 g/mol. The van der Waals surface area contributed by atoms with Crippen LogP contribution in [0.25, 0.3) is 0 Å². The van der Waals surface area contributed by atoms with Crippen LogP contribution in [0.15, 0.2) is 12.4 Å². The molecular weight excluding hydrogens is 252 g/mol. The fourth-order valence-corrected chi connectivity index (χ4v) is 2.21. The van der Waals surface area contributed by atoms with Gasteiger partial charge in [0.25, 0.3) is 0 Å². The topological polar surface area (TPSA) is 122 Å². The molecule has 0 aromatic carbocycles. The Morgan fingerprint density at radius 2 is 2.26 bits per heavy atom. The normalized spacial score (nSPS) is 24.5. The van der Waals surface area contributed by atoms with Gasteiger partial charge < -0.3 is 20.8 Å².